The Bertz CT molecular complexity index is 1120. The van der Waals surface area contributed by atoms with E-state index in [9.17, 15) is 4.79 Å². The summed E-state index contributed by atoms with van der Waals surface area (Å²) in [6.07, 6.45) is 0. The molecule has 0 spiro atoms. The quantitative estimate of drug-likeness (QED) is 0.403. The molecule has 4 aromatic rings. The normalized spacial score (nSPS) is 11.0. The highest BCUT2D eigenvalue weighted by atomic mass is 32.2. The molecule has 0 aliphatic heterocycles. The van der Waals surface area contributed by atoms with Crippen LogP contribution < -0.4 is 9.64 Å². The van der Waals surface area contributed by atoms with Crippen molar-refractivity contribution in [3.63, 3.8) is 0 Å². The zero-order chi connectivity index (χ0) is 20.2. The Kier molecular flexibility index (Phi) is 5.82. The number of anilines is 2. The lowest BCUT2D eigenvalue weighted by atomic mass is 10.3. The third-order valence-electron chi connectivity index (χ3n) is 4.16. The van der Waals surface area contributed by atoms with Crippen molar-refractivity contribution in [2.75, 3.05) is 11.5 Å². The van der Waals surface area contributed by atoms with E-state index in [2.05, 4.69) is 15.0 Å². The van der Waals surface area contributed by atoms with Gasteiger partial charge in [0, 0.05) is 24.1 Å². The Hall–Kier alpha value is -2.84. The van der Waals surface area contributed by atoms with Gasteiger partial charge in [0.25, 0.3) is 0 Å². The molecule has 4 rings (SSSR count). The minimum Gasteiger partial charge on any atom is -0.494 e. The number of fused-ring (bicyclic) bond motifs is 1. The largest absolute Gasteiger partial charge is 0.494 e. The van der Waals surface area contributed by atoms with Gasteiger partial charge in [0.15, 0.2) is 10.3 Å². The van der Waals surface area contributed by atoms with Crippen molar-refractivity contribution in [1.29, 1.82) is 0 Å². The monoisotopic (exact) mass is 424 g/mol. The molecule has 0 fully saturated rings. The Labute approximate surface area is 176 Å². The SMILES string of the molecule is CCOc1ccc2nc(SCc3csc(N(C(C)=O)c4ccccc4)n3)[nH]c2c1. The first kappa shape index (κ1) is 19.5. The van der Waals surface area contributed by atoms with E-state index in [1.54, 1.807) is 23.6 Å². The molecular formula is C21H20N4O2S2. The number of imidazole rings is 1. The van der Waals surface area contributed by atoms with Gasteiger partial charge in [-0.1, -0.05) is 30.0 Å². The van der Waals surface area contributed by atoms with E-state index in [0.717, 1.165) is 33.3 Å². The fourth-order valence-corrected chi connectivity index (χ4v) is 4.67. The van der Waals surface area contributed by atoms with Gasteiger partial charge < -0.3 is 9.72 Å². The predicted octanol–water partition coefficient (Wildman–Crippen LogP) is 5.40. The van der Waals surface area contributed by atoms with Crippen LogP contribution in [0.15, 0.2) is 59.1 Å². The molecule has 0 atom stereocenters. The summed E-state index contributed by atoms with van der Waals surface area (Å²) in [4.78, 5) is 26.4. The highest BCUT2D eigenvalue weighted by Crippen LogP contribution is 2.31. The summed E-state index contributed by atoms with van der Waals surface area (Å²) in [5, 5.41) is 3.48. The van der Waals surface area contributed by atoms with Crippen molar-refractivity contribution in [3.8, 4) is 5.75 Å². The summed E-state index contributed by atoms with van der Waals surface area (Å²) in [5.74, 6) is 1.43. The molecule has 0 saturated heterocycles. The molecule has 0 aliphatic rings. The Morgan fingerprint density at radius 2 is 2.03 bits per heavy atom. The number of thioether (sulfide) groups is 1. The van der Waals surface area contributed by atoms with Crippen molar-refractivity contribution >= 4 is 50.9 Å². The molecule has 1 N–H and O–H groups in total. The fourth-order valence-electron chi connectivity index (χ4n) is 2.90. The Morgan fingerprint density at radius 3 is 2.79 bits per heavy atom. The number of rotatable bonds is 7. The lowest BCUT2D eigenvalue weighted by Crippen LogP contribution is -2.22. The molecule has 2 heterocycles. The molecule has 2 aromatic heterocycles. The average Bonchev–Trinajstić information content (AvgIpc) is 3.33. The van der Waals surface area contributed by atoms with E-state index in [1.807, 2.05) is 60.8 Å². The lowest BCUT2D eigenvalue weighted by Gasteiger charge is -2.17. The molecule has 148 valence electrons. The van der Waals surface area contributed by atoms with Crippen LogP contribution in [0.1, 0.15) is 19.5 Å². The van der Waals surface area contributed by atoms with Gasteiger partial charge in [-0.15, -0.1) is 11.3 Å². The van der Waals surface area contributed by atoms with Gasteiger partial charge in [0.1, 0.15) is 5.75 Å². The number of aromatic amines is 1. The molecule has 0 bridgehead atoms. The highest BCUT2D eigenvalue weighted by molar-refractivity contribution is 7.98. The number of H-pyrrole nitrogens is 1. The second-order valence-corrected chi connectivity index (χ2v) is 8.05. The first-order valence-electron chi connectivity index (χ1n) is 9.19. The van der Waals surface area contributed by atoms with Crippen molar-refractivity contribution < 1.29 is 9.53 Å². The molecule has 0 unspecified atom stereocenters. The third kappa shape index (κ3) is 4.44. The van der Waals surface area contributed by atoms with Crippen LogP contribution in [0.5, 0.6) is 5.75 Å². The van der Waals surface area contributed by atoms with E-state index in [4.69, 9.17) is 4.74 Å². The van der Waals surface area contributed by atoms with Crippen LogP contribution in [0, 0.1) is 0 Å². The van der Waals surface area contributed by atoms with Crippen molar-refractivity contribution in [1.82, 2.24) is 15.0 Å². The summed E-state index contributed by atoms with van der Waals surface area (Å²) in [7, 11) is 0. The fraction of sp³-hybridized carbons (Fsp3) is 0.190. The summed E-state index contributed by atoms with van der Waals surface area (Å²) in [5.41, 5.74) is 3.58. The zero-order valence-electron chi connectivity index (χ0n) is 16.1. The molecular weight excluding hydrogens is 404 g/mol. The average molecular weight is 425 g/mol. The lowest BCUT2D eigenvalue weighted by molar-refractivity contribution is -0.115. The van der Waals surface area contributed by atoms with Crippen LogP contribution in [-0.4, -0.2) is 27.5 Å². The van der Waals surface area contributed by atoms with Crippen molar-refractivity contribution in [3.05, 3.63) is 59.6 Å². The number of ether oxygens (including phenoxy) is 1. The molecule has 2 aromatic carbocycles. The highest BCUT2D eigenvalue weighted by Gasteiger charge is 2.18. The van der Waals surface area contributed by atoms with E-state index in [0.29, 0.717) is 17.5 Å². The second kappa shape index (κ2) is 8.67. The smallest absolute Gasteiger partial charge is 0.230 e. The van der Waals surface area contributed by atoms with E-state index in [1.165, 1.54) is 11.3 Å². The zero-order valence-corrected chi connectivity index (χ0v) is 17.7. The molecule has 0 saturated carbocycles. The number of nitrogens with zero attached hydrogens (tertiary/aromatic N) is 3. The Balaban J connectivity index is 1.48. The van der Waals surface area contributed by atoms with Crippen molar-refractivity contribution in [2.45, 2.75) is 24.8 Å². The van der Waals surface area contributed by atoms with Gasteiger partial charge in [-0.2, -0.15) is 0 Å². The van der Waals surface area contributed by atoms with Gasteiger partial charge in [0.2, 0.25) is 5.91 Å². The predicted molar refractivity (Wildman–Crippen MR) is 118 cm³/mol. The summed E-state index contributed by atoms with van der Waals surface area (Å²) >= 11 is 3.04. The standard InChI is InChI=1S/C21H20N4O2S2/c1-3-27-17-9-10-18-19(11-17)24-20(23-18)28-12-15-13-29-21(22-15)25(14(2)26)16-7-5-4-6-8-16/h4-11,13H,3,12H2,1-2H3,(H,23,24). The third-order valence-corrected chi connectivity index (χ3v) is 5.94. The van der Waals surface area contributed by atoms with Crippen LogP contribution >= 0.6 is 23.1 Å². The van der Waals surface area contributed by atoms with Crippen LogP contribution in [0.3, 0.4) is 0 Å². The minimum absolute atomic E-state index is 0.0628. The number of benzene rings is 2. The number of thiazole rings is 1. The number of nitrogens with one attached hydrogen (secondary N) is 1. The first-order chi connectivity index (χ1) is 14.1. The maximum Gasteiger partial charge on any atom is 0.230 e. The number of hydrogen-bond donors (Lipinski definition) is 1. The number of hydrogen-bond acceptors (Lipinski definition) is 6. The molecule has 0 radical (unpaired) electrons. The molecule has 6 nitrogen and oxygen atoms in total. The first-order valence-corrected chi connectivity index (χ1v) is 11.1. The van der Waals surface area contributed by atoms with Crippen LogP contribution in [0.4, 0.5) is 10.8 Å². The summed E-state index contributed by atoms with van der Waals surface area (Å²) in [6, 6.07) is 15.4. The number of amides is 1. The topological polar surface area (TPSA) is 71.1 Å². The van der Waals surface area contributed by atoms with Gasteiger partial charge in [-0.05, 0) is 31.2 Å². The molecule has 29 heavy (non-hydrogen) atoms. The number of carbonyl (C=O) groups is 1. The summed E-state index contributed by atoms with van der Waals surface area (Å²) < 4.78 is 5.54. The number of para-hydroxylation sites is 1. The number of aromatic nitrogens is 3. The van der Waals surface area contributed by atoms with Gasteiger partial charge in [-0.25, -0.2) is 9.97 Å². The van der Waals surface area contributed by atoms with Crippen LogP contribution in [0.25, 0.3) is 11.0 Å². The van der Waals surface area contributed by atoms with Crippen LogP contribution in [-0.2, 0) is 10.5 Å². The van der Waals surface area contributed by atoms with E-state index in [-0.39, 0.29) is 5.91 Å². The molecule has 8 heteroatoms. The molecule has 0 aliphatic carbocycles. The Morgan fingerprint density at radius 1 is 1.21 bits per heavy atom. The van der Waals surface area contributed by atoms with Gasteiger partial charge >= 0.3 is 0 Å². The summed E-state index contributed by atoms with van der Waals surface area (Å²) in [6.45, 7) is 4.15. The maximum absolute atomic E-state index is 12.2. The van der Waals surface area contributed by atoms with Crippen LogP contribution in [0.2, 0.25) is 0 Å². The number of carbonyl (C=O) groups excluding carboxylic acids is 1. The van der Waals surface area contributed by atoms with Gasteiger partial charge in [0.05, 0.1) is 29.0 Å². The maximum atomic E-state index is 12.2. The van der Waals surface area contributed by atoms with E-state index < -0.39 is 0 Å². The van der Waals surface area contributed by atoms with Crippen molar-refractivity contribution in [2.24, 2.45) is 0 Å². The van der Waals surface area contributed by atoms with E-state index >= 15 is 0 Å². The van der Waals surface area contributed by atoms with Gasteiger partial charge in [-0.3, -0.25) is 9.69 Å². The molecule has 1 amide bonds. The second-order valence-electron chi connectivity index (χ2n) is 6.25. The minimum atomic E-state index is -0.0628.